The summed E-state index contributed by atoms with van der Waals surface area (Å²) in [7, 11) is 0. The molecule has 1 N–H and O–H groups in total. The maximum Gasteiger partial charge on any atom is 0.287 e. The van der Waals surface area contributed by atoms with Crippen LogP contribution in [0.5, 0.6) is 0 Å². The lowest BCUT2D eigenvalue weighted by Crippen LogP contribution is -2.13. The zero-order valence-electron chi connectivity index (χ0n) is 10.5. The summed E-state index contributed by atoms with van der Waals surface area (Å²) in [5, 5.41) is 13.7. The number of amides is 1. The van der Waals surface area contributed by atoms with Crippen LogP contribution in [0.15, 0.2) is 36.5 Å². The predicted octanol–water partition coefficient (Wildman–Crippen LogP) is 3.20. The van der Waals surface area contributed by atoms with Gasteiger partial charge in [0.25, 0.3) is 11.6 Å². The van der Waals surface area contributed by atoms with Crippen LogP contribution in [0.1, 0.15) is 15.9 Å². The molecule has 0 aliphatic heterocycles. The van der Waals surface area contributed by atoms with E-state index in [9.17, 15) is 14.9 Å². The van der Waals surface area contributed by atoms with Crippen LogP contribution in [0, 0.1) is 17.0 Å². The molecule has 0 atom stereocenters. The summed E-state index contributed by atoms with van der Waals surface area (Å²) in [5.74, 6) is -0.0679. The Balaban J connectivity index is 2.19. The van der Waals surface area contributed by atoms with E-state index in [0.29, 0.717) is 16.1 Å². The summed E-state index contributed by atoms with van der Waals surface area (Å²) in [6.07, 6.45) is 1.10. The molecule has 2 aromatic rings. The molecule has 0 unspecified atom stereocenters. The molecular formula is C13H10ClN3O3. The number of benzene rings is 1. The van der Waals surface area contributed by atoms with Crippen LogP contribution in [0.2, 0.25) is 5.02 Å². The number of halogens is 1. The third kappa shape index (κ3) is 3.10. The molecule has 1 heterocycles. The van der Waals surface area contributed by atoms with Crippen LogP contribution < -0.4 is 5.32 Å². The fourth-order valence-electron chi connectivity index (χ4n) is 1.57. The highest BCUT2D eigenvalue weighted by Gasteiger charge is 2.12. The molecule has 6 nitrogen and oxygen atoms in total. The maximum absolute atomic E-state index is 12.0. The number of hydrogen-bond donors (Lipinski definition) is 1. The Hall–Kier alpha value is -2.47. The smallest absolute Gasteiger partial charge is 0.287 e. The molecule has 7 heteroatoms. The molecule has 0 spiro atoms. The minimum atomic E-state index is -0.537. The minimum absolute atomic E-state index is 0.119. The van der Waals surface area contributed by atoms with Gasteiger partial charge in [-0.2, -0.15) is 0 Å². The molecule has 0 bridgehead atoms. The van der Waals surface area contributed by atoms with Gasteiger partial charge in [-0.05, 0) is 36.8 Å². The summed E-state index contributed by atoms with van der Waals surface area (Å²) in [6.45, 7) is 1.64. The topological polar surface area (TPSA) is 85.1 Å². The Morgan fingerprint density at radius 1 is 1.35 bits per heavy atom. The van der Waals surface area contributed by atoms with E-state index >= 15 is 0 Å². The van der Waals surface area contributed by atoms with Gasteiger partial charge in [-0.3, -0.25) is 14.9 Å². The second-order valence-corrected chi connectivity index (χ2v) is 4.51. The van der Waals surface area contributed by atoms with Crippen LogP contribution in [0.4, 0.5) is 11.5 Å². The summed E-state index contributed by atoms with van der Waals surface area (Å²) >= 11 is 5.74. The van der Waals surface area contributed by atoms with Crippen LogP contribution in [0.3, 0.4) is 0 Å². The van der Waals surface area contributed by atoms with Gasteiger partial charge in [-0.1, -0.05) is 11.6 Å². The third-order valence-electron chi connectivity index (χ3n) is 2.61. The number of nitro groups is 1. The van der Waals surface area contributed by atoms with Crippen molar-refractivity contribution in [3.05, 3.63) is 62.8 Å². The van der Waals surface area contributed by atoms with Crippen molar-refractivity contribution in [2.75, 3.05) is 5.32 Å². The minimum Gasteiger partial charge on any atom is -0.306 e. The Kier molecular flexibility index (Phi) is 3.95. The zero-order chi connectivity index (χ0) is 14.7. The summed E-state index contributed by atoms with van der Waals surface area (Å²) in [6, 6.07) is 7.72. The fourth-order valence-corrected chi connectivity index (χ4v) is 1.70. The first kappa shape index (κ1) is 14.0. The van der Waals surface area contributed by atoms with Gasteiger partial charge in [0.05, 0.1) is 4.92 Å². The fraction of sp³-hybridized carbons (Fsp3) is 0.0769. The van der Waals surface area contributed by atoms with Crippen molar-refractivity contribution < 1.29 is 9.72 Å². The van der Waals surface area contributed by atoms with E-state index in [1.165, 1.54) is 6.07 Å². The number of aromatic nitrogens is 1. The SMILES string of the molecule is Cc1cc([N+](=O)[O-])cnc1NC(=O)c1ccc(Cl)cc1. The van der Waals surface area contributed by atoms with Gasteiger partial charge in [-0.25, -0.2) is 4.98 Å². The van der Waals surface area contributed by atoms with Gasteiger partial charge in [0.1, 0.15) is 12.0 Å². The van der Waals surface area contributed by atoms with Gasteiger partial charge in [0, 0.05) is 16.7 Å². The molecule has 20 heavy (non-hydrogen) atoms. The van der Waals surface area contributed by atoms with E-state index in [-0.39, 0.29) is 17.4 Å². The number of aryl methyl sites for hydroxylation is 1. The maximum atomic E-state index is 12.0. The number of carbonyl (C=O) groups is 1. The first-order chi connectivity index (χ1) is 9.47. The van der Waals surface area contributed by atoms with Crippen LogP contribution in [-0.4, -0.2) is 15.8 Å². The molecule has 0 saturated heterocycles. The number of nitrogens with zero attached hydrogens (tertiary/aromatic N) is 2. The van der Waals surface area contributed by atoms with Gasteiger partial charge in [-0.15, -0.1) is 0 Å². The van der Waals surface area contributed by atoms with E-state index < -0.39 is 4.92 Å². The highest BCUT2D eigenvalue weighted by atomic mass is 35.5. The van der Waals surface area contributed by atoms with Crippen molar-refractivity contribution in [1.29, 1.82) is 0 Å². The van der Waals surface area contributed by atoms with E-state index in [1.54, 1.807) is 31.2 Å². The lowest BCUT2D eigenvalue weighted by atomic mass is 10.2. The largest absolute Gasteiger partial charge is 0.306 e. The molecule has 1 amide bonds. The normalized spacial score (nSPS) is 10.1. The van der Waals surface area contributed by atoms with Gasteiger partial charge >= 0.3 is 0 Å². The quantitative estimate of drug-likeness (QED) is 0.695. The number of hydrogen-bond acceptors (Lipinski definition) is 4. The van der Waals surface area contributed by atoms with E-state index in [0.717, 1.165) is 6.20 Å². The zero-order valence-corrected chi connectivity index (χ0v) is 11.2. The number of anilines is 1. The standard InChI is InChI=1S/C13H10ClN3O3/c1-8-6-11(17(19)20)7-15-12(8)16-13(18)9-2-4-10(14)5-3-9/h2-7H,1H3,(H,15,16,18). The number of pyridine rings is 1. The molecule has 2 rings (SSSR count). The first-order valence-electron chi connectivity index (χ1n) is 5.65. The Morgan fingerprint density at radius 2 is 2.00 bits per heavy atom. The number of carbonyl (C=O) groups excluding carboxylic acids is 1. The van der Waals surface area contributed by atoms with Gasteiger partial charge in [0.2, 0.25) is 0 Å². The van der Waals surface area contributed by atoms with Crippen molar-refractivity contribution in [3.8, 4) is 0 Å². The van der Waals surface area contributed by atoms with Crippen LogP contribution in [-0.2, 0) is 0 Å². The molecule has 0 aliphatic carbocycles. The third-order valence-corrected chi connectivity index (χ3v) is 2.86. The number of nitrogens with one attached hydrogen (secondary N) is 1. The van der Waals surface area contributed by atoms with E-state index in [4.69, 9.17) is 11.6 Å². The van der Waals surface area contributed by atoms with E-state index in [2.05, 4.69) is 10.3 Å². The predicted molar refractivity (Wildman–Crippen MR) is 75.0 cm³/mol. The molecule has 0 aliphatic rings. The number of rotatable bonds is 3. The Morgan fingerprint density at radius 3 is 2.55 bits per heavy atom. The average molecular weight is 292 g/mol. The molecule has 1 aromatic heterocycles. The van der Waals surface area contributed by atoms with E-state index in [1.807, 2.05) is 0 Å². The van der Waals surface area contributed by atoms with Gasteiger partial charge in [0.15, 0.2) is 0 Å². The molecule has 0 radical (unpaired) electrons. The lowest BCUT2D eigenvalue weighted by molar-refractivity contribution is -0.385. The van der Waals surface area contributed by atoms with Crippen molar-refractivity contribution in [2.24, 2.45) is 0 Å². The average Bonchev–Trinajstić information content (AvgIpc) is 2.41. The van der Waals surface area contributed by atoms with Crippen LogP contribution in [0.25, 0.3) is 0 Å². The molecule has 0 fully saturated rings. The van der Waals surface area contributed by atoms with Crippen molar-refractivity contribution in [1.82, 2.24) is 4.98 Å². The monoisotopic (exact) mass is 291 g/mol. The first-order valence-corrected chi connectivity index (χ1v) is 6.03. The van der Waals surface area contributed by atoms with Crippen molar-refractivity contribution in [3.63, 3.8) is 0 Å². The Labute approximate surface area is 119 Å². The van der Waals surface area contributed by atoms with Crippen LogP contribution >= 0.6 is 11.6 Å². The Bertz CT molecular complexity index is 671. The highest BCUT2D eigenvalue weighted by molar-refractivity contribution is 6.30. The molecule has 102 valence electrons. The summed E-state index contributed by atoms with van der Waals surface area (Å²) in [4.78, 5) is 25.9. The second-order valence-electron chi connectivity index (χ2n) is 4.08. The molecule has 1 aromatic carbocycles. The summed E-state index contributed by atoms with van der Waals surface area (Å²) < 4.78 is 0. The summed E-state index contributed by atoms with van der Waals surface area (Å²) in [5.41, 5.74) is 0.822. The second kappa shape index (κ2) is 5.66. The lowest BCUT2D eigenvalue weighted by Gasteiger charge is -2.07. The molecular weight excluding hydrogens is 282 g/mol. The molecule has 0 saturated carbocycles. The van der Waals surface area contributed by atoms with Crippen molar-refractivity contribution in [2.45, 2.75) is 6.92 Å². The van der Waals surface area contributed by atoms with Crippen molar-refractivity contribution >= 4 is 29.0 Å². The highest BCUT2D eigenvalue weighted by Crippen LogP contribution is 2.19. The van der Waals surface area contributed by atoms with Gasteiger partial charge < -0.3 is 5.32 Å².